The minimum absolute atomic E-state index is 0.256. The lowest BCUT2D eigenvalue weighted by Gasteiger charge is -2.12. The fourth-order valence-electron chi connectivity index (χ4n) is 2.88. The first kappa shape index (κ1) is 16.9. The van der Waals surface area contributed by atoms with Gasteiger partial charge in [0.1, 0.15) is 0 Å². The number of nitrogens with zero attached hydrogens (tertiary/aromatic N) is 1. The van der Waals surface area contributed by atoms with E-state index in [2.05, 4.69) is 5.32 Å². The molecule has 0 bridgehead atoms. The van der Waals surface area contributed by atoms with Gasteiger partial charge in [0.25, 0.3) is 0 Å². The fraction of sp³-hybridized carbons (Fsp3) is 0.250. The molecule has 0 spiro atoms. The van der Waals surface area contributed by atoms with Crippen molar-refractivity contribution in [1.29, 1.82) is 5.26 Å². The summed E-state index contributed by atoms with van der Waals surface area (Å²) in [6.07, 6.45) is 0.911. The summed E-state index contributed by atoms with van der Waals surface area (Å²) >= 11 is 0. The zero-order chi connectivity index (χ0) is 17.6. The van der Waals surface area contributed by atoms with Crippen LogP contribution in [0.2, 0.25) is 0 Å². The number of nitriles is 1. The van der Waals surface area contributed by atoms with Crippen molar-refractivity contribution in [3.05, 3.63) is 65.7 Å². The van der Waals surface area contributed by atoms with Crippen LogP contribution in [-0.2, 0) is 9.53 Å². The van der Waals surface area contributed by atoms with E-state index in [0.29, 0.717) is 24.5 Å². The monoisotopic (exact) mass is 334 g/mol. The lowest BCUT2D eigenvalue weighted by molar-refractivity contribution is -0.117. The maximum Gasteiger partial charge on any atom is 0.249 e. The SMILES string of the molecule is N#CC(C(=O)Nc1ccccc1)C(=O)c1cccc(C2CCOC2)c1. The summed E-state index contributed by atoms with van der Waals surface area (Å²) in [5, 5.41) is 11.9. The molecule has 0 saturated carbocycles. The summed E-state index contributed by atoms with van der Waals surface area (Å²) in [6, 6.07) is 17.7. The van der Waals surface area contributed by atoms with Crippen molar-refractivity contribution in [2.75, 3.05) is 18.5 Å². The molecule has 1 heterocycles. The minimum Gasteiger partial charge on any atom is -0.381 e. The molecule has 25 heavy (non-hydrogen) atoms. The number of Topliss-reactive ketones (excluding diaryl/α,β-unsaturated/α-hetero) is 1. The van der Waals surface area contributed by atoms with E-state index in [1.807, 2.05) is 18.2 Å². The Balaban J connectivity index is 1.77. The molecule has 2 atom stereocenters. The third-order valence-electron chi connectivity index (χ3n) is 4.27. The van der Waals surface area contributed by atoms with Gasteiger partial charge in [-0.15, -0.1) is 0 Å². The lowest BCUT2D eigenvalue weighted by atomic mass is 9.92. The smallest absolute Gasteiger partial charge is 0.249 e. The van der Waals surface area contributed by atoms with Crippen LogP contribution in [0.5, 0.6) is 0 Å². The molecule has 1 saturated heterocycles. The van der Waals surface area contributed by atoms with Crippen molar-refractivity contribution < 1.29 is 14.3 Å². The second kappa shape index (κ2) is 7.73. The van der Waals surface area contributed by atoms with Gasteiger partial charge < -0.3 is 10.1 Å². The van der Waals surface area contributed by atoms with Gasteiger partial charge in [-0.3, -0.25) is 9.59 Å². The molecule has 5 heteroatoms. The average Bonchev–Trinajstić information content (AvgIpc) is 3.18. The molecule has 0 radical (unpaired) electrons. The molecule has 2 aromatic rings. The standard InChI is InChI=1S/C20H18N2O3/c21-12-18(20(24)22-17-7-2-1-3-8-17)19(23)15-6-4-5-14(11-15)16-9-10-25-13-16/h1-8,11,16,18H,9-10,13H2,(H,22,24). The highest BCUT2D eigenvalue weighted by Crippen LogP contribution is 2.26. The van der Waals surface area contributed by atoms with Gasteiger partial charge in [-0.05, 0) is 30.2 Å². The first-order valence-corrected chi connectivity index (χ1v) is 8.16. The van der Waals surface area contributed by atoms with Gasteiger partial charge in [0.15, 0.2) is 11.7 Å². The largest absolute Gasteiger partial charge is 0.381 e. The molecule has 2 aromatic carbocycles. The van der Waals surface area contributed by atoms with E-state index in [4.69, 9.17) is 4.74 Å². The molecule has 1 aliphatic heterocycles. The molecular formula is C20H18N2O3. The molecule has 1 fully saturated rings. The number of ketones is 1. The van der Waals surface area contributed by atoms with Gasteiger partial charge in [0.2, 0.25) is 5.91 Å². The second-order valence-corrected chi connectivity index (χ2v) is 5.97. The number of amides is 1. The molecule has 2 unspecified atom stereocenters. The van der Waals surface area contributed by atoms with Crippen molar-refractivity contribution in [3.63, 3.8) is 0 Å². The molecule has 5 nitrogen and oxygen atoms in total. The highest BCUT2D eigenvalue weighted by Gasteiger charge is 2.28. The van der Waals surface area contributed by atoms with Gasteiger partial charge >= 0.3 is 0 Å². The molecule has 1 amide bonds. The summed E-state index contributed by atoms with van der Waals surface area (Å²) in [6.45, 7) is 1.34. The van der Waals surface area contributed by atoms with E-state index < -0.39 is 17.6 Å². The summed E-state index contributed by atoms with van der Waals surface area (Å²) < 4.78 is 5.38. The molecule has 3 rings (SSSR count). The first-order valence-electron chi connectivity index (χ1n) is 8.16. The third-order valence-corrected chi connectivity index (χ3v) is 4.27. The van der Waals surface area contributed by atoms with Crippen LogP contribution in [-0.4, -0.2) is 24.9 Å². The number of carbonyl (C=O) groups excluding carboxylic acids is 2. The van der Waals surface area contributed by atoms with Crippen LogP contribution in [0.25, 0.3) is 0 Å². The topological polar surface area (TPSA) is 79.2 Å². The van der Waals surface area contributed by atoms with Gasteiger partial charge in [0, 0.05) is 23.8 Å². The molecule has 0 aromatic heterocycles. The van der Waals surface area contributed by atoms with E-state index in [-0.39, 0.29) is 5.92 Å². The Bertz CT molecular complexity index is 805. The Morgan fingerprint density at radius 3 is 2.64 bits per heavy atom. The molecule has 126 valence electrons. The summed E-state index contributed by atoms with van der Waals surface area (Å²) in [7, 11) is 0. The number of benzene rings is 2. The van der Waals surface area contributed by atoms with Crippen molar-refractivity contribution in [2.45, 2.75) is 12.3 Å². The number of hydrogen-bond donors (Lipinski definition) is 1. The van der Waals surface area contributed by atoms with Gasteiger partial charge in [-0.2, -0.15) is 5.26 Å². The Morgan fingerprint density at radius 1 is 1.16 bits per heavy atom. The Hall–Kier alpha value is -2.97. The van der Waals surface area contributed by atoms with Gasteiger partial charge in [0.05, 0.1) is 12.7 Å². The van der Waals surface area contributed by atoms with Crippen LogP contribution < -0.4 is 5.32 Å². The summed E-state index contributed by atoms with van der Waals surface area (Å²) in [5.41, 5.74) is 1.93. The van der Waals surface area contributed by atoms with Crippen molar-refractivity contribution in [1.82, 2.24) is 0 Å². The van der Waals surface area contributed by atoms with Crippen LogP contribution in [0.1, 0.15) is 28.3 Å². The van der Waals surface area contributed by atoms with Gasteiger partial charge in [-0.1, -0.05) is 36.4 Å². The third kappa shape index (κ3) is 3.93. The summed E-state index contributed by atoms with van der Waals surface area (Å²) in [4.78, 5) is 25.0. The zero-order valence-corrected chi connectivity index (χ0v) is 13.6. The van der Waals surface area contributed by atoms with E-state index in [1.54, 1.807) is 42.5 Å². The number of nitrogens with one attached hydrogen (secondary N) is 1. The van der Waals surface area contributed by atoms with Crippen LogP contribution in [0, 0.1) is 17.2 Å². The predicted octanol–water partition coefficient (Wildman–Crippen LogP) is 3.15. The number of anilines is 1. The van der Waals surface area contributed by atoms with E-state index in [0.717, 1.165) is 12.0 Å². The minimum atomic E-state index is -1.38. The van der Waals surface area contributed by atoms with E-state index >= 15 is 0 Å². The van der Waals surface area contributed by atoms with Crippen molar-refractivity contribution >= 4 is 17.4 Å². The number of hydrogen-bond acceptors (Lipinski definition) is 4. The predicted molar refractivity (Wildman–Crippen MR) is 93.1 cm³/mol. The maximum absolute atomic E-state index is 12.7. The molecular weight excluding hydrogens is 316 g/mol. The van der Waals surface area contributed by atoms with Gasteiger partial charge in [-0.25, -0.2) is 0 Å². The van der Waals surface area contributed by atoms with Crippen LogP contribution in [0.15, 0.2) is 54.6 Å². The Labute approximate surface area is 146 Å². The van der Waals surface area contributed by atoms with Crippen molar-refractivity contribution in [2.24, 2.45) is 5.92 Å². The number of carbonyl (C=O) groups is 2. The second-order valence-electron chi connectivity index (χ2n) is 5.97. The first-order chi connectivity index (χ1) is 12.2. The number of para-hydroxylation sites is 1. The molecule has 1 N–H and O–H groups in total. The van der Waals surface area contributed by atoms with Crippen molar-refractivity contribution in [3.8, 4) is 6.07 Å². The average molecular weight is 334 g/mol. The highest BCUT2D eigenvalue weighted by molar-refractivity contribution is 6.15. The quantitative estimate of drug-likeness (QED) is 0.673. The Morgan fingerprint density at radius 2 is 1.96 bits per heavy atom. The highest BCUT2D eigenvalue weighted by atomic mass is 16.5. The fourth-order valence-corrected chi connectivity index (χ4v) is 2.88. The number of ether oxygens (including phenoxy) is 1. The zero-order valence-electron chi connectivity index (χ0n) is 13.6. The number of rotatable bonds is 5. The van der Waals surface area contributed by atoms with E-state index in [9.17, 15) is 14.9 Å². The van der Waals surface area contributed by atoms with Crippen LogP contribution >= 0.6 is 0 Å². The normalized spacial score (nSPS) is 17.5. The molecule has 0 aliphatic carbocycles. The van der Waals surface area contributed by atoms with Crippen LogP contribution in [0.3, 0.4) is 0 Å². The molecule has 1 aliphatic rings. The van der Waals surface area contributed by atoms with E-state index in [1.165, 1.54) is 0 Å². The lowest BCUT2D eigenvalue weighted by Crippen LogP contribution is -2.28. The Kier molecular flexibility index (Phi) is 5.22. The van der Waals surface area contributed by atoms with Crippen LogP contribution in [0.4, 0.5) is 5.69 Å². The maximum atomic E-state index is 12.7. The summed E-state index contributed by atoms with van der Waals surface area (Å²) in [5.74, 6) is -2.23.